The quantitative estimate of drug-likeness (QED) is 0.626. The minimum absolute atomic E-state index is 0.0311. The van der Waals surface area contributed by atoms with E-state index in [0.717, 1.165) is 44.5 Å². The van der Waals surface area contributed by atoms with Crippen LogP contribution in [0.25, 0.3) is 0 Å². The number of nitrogens with one attached hydrogen (secondary N) is 1. The summed E-state index contributed by atoms with van der Waals surface area (Å²) in [7, 11) is 3.53. The standard InChI is InChI=1S/C17H32N4O2/c1-14-7-9-21(10-8-14)17(19-13-16(22)20(2)3)18-12-15-6-4-5-11-23-15/h14-15H,4-13H2,1-3H3,(H,18,19). The van der Waals surface area contributed by atoms with Gasteiger partial charge in [0.15, 0.2) is 5.96 Å². The fraction of sp³-hybridized carbons (Fsp3) is 0.882. The highest BCUT2D eigenvalue weighted by atomic mass is 16.5. The number of guanidine groups is 1. The van der Waals surface area contributed by atoms with Gasteiger partial charge in [-0.2, -0.15) is 0 Å². The van der Waals surface area contributed by atoms with Crippen LogP contribution in [0.3, 0.4) is 0 Å². The van der Waals surface area contributed by atoms with Gasteiger partial charge in [0.25, 0.3) is 0 Å². The number of hydrogen-bond acceptors (Lipinski definition) is 3. The second-order valence-electron chi connectivity index (χ2n) is 6.97. The van der Waals surface area contributed by atoms with Gasteiger partial charge in [0.2, 0.25) is 5.91 Å². The van der Waals surface area contributed by atoms with Crippen LogP contribution in [0.4, 0.5) is 0 Å². The molecule has 1 unspecified atom stereocenters. The summed E-state index contributed by atoms with van der Waals surface area (Å²) in [5.74, 6) is 1.67. The van der Waals surface area contributed by atoms with Gasteiger partial charge in [0, 0.05) is 40.3 Å². The molecule has 6 heteroatoms. The Morgan fingerprint density at radius 1 is 1.26 bits per heavy atom. The smallest absolute Gasteiger partial charge is 0.243 e. The summed E-state index contributed by atoms with van der Waals surface area (Å²) in [6.45, 7) is 6.16. The Labute approximate surface area is 140 Å². The first kappa shape index (κ1) is 18.0. The molecule has 6 nitrogen and oxygen atoms in total. The maximum Gasteiger partial charge on any atom is 0.243 e. The Kier molecular flexibility index (Phi) is 7.15. The van der Waals surface area contributed by atoms with Crippen molar-refractivity contribution in [3.05, 3.63) is 0 Å². The van der Waals surface area contributed by atoms with E-state index < -0.39 is 0 Å². The van der Waals surface area contributed by atoms with E-state index in [4.69, 9.17) is 4.74 Å². The highest BCUT2D eigenvalue weighted by Crippen LogP contribution is 2.16. The lowest BCUT2D eigenvalue weighted by Gasteiger charge is -2.34. The van der Waals surface area contributed by atoms with Crippen LogP contribution in [0.15, 0.2) is 4.99 Å². The van der Waals surface area contributed by atoms with Crippen molar-refractivity contribution in [3.63, 3.8) is 0 Å². The molecule has 0 bridgehead atoms. The highest BCUT2D eigenvalue weighted by Gasteiger charge is 2.21. The van der Waals surface area contributed by atoms with Crippen molar-refractivity contribution in [1.82, 2.24) is 15.1 Å². The Morgan fingerprint density at radius 2 is 2.00 bits per heavy atom. The number of amides is 1. The second-order valence-corrected chi connectivity index (χ2v) is 6.97. The minimum Gasteiger partial charge on any atom is -0.376 e. The Balaban J connectivity index is 1.92. The zero-order chi connectivity index (χ0) is 16.7. The van der Waals surface area contributed by atoms with Crippen LogP contribution in [0.2, 0.25) is 0 Å². The summed E-state index contributed by atoms with van der Waals surface area (Å²) in [5, 5.41) is 3.45. The van der Waals surface area contributed by atoms with E-state index in [-0.39, 0.29) is 18.6 Å². The summed E-state index contributed by atoms with van der Waals surface area (Å²) < 4.78 is 5.79. The molecule has 0 aromatic heterocycles. The van der Waals surface area contributed by atoms with Gasteiger partial charge in [-0.15, -0.1) is 0 Å². The van der Waals surface area contributed by atoms with Gasteiger partial charge in [0.05, 0.1) is 6.10 Å². The molecule has 2 aliphatic rings. The molecule has 2 rings (SSSR count). The van der Waals surface area contributed by atoms with Crippen LogP contribution in [0.1, 0.15) is 39.0 Å². The molecule has 0 spiro atoms. The monoisotopic (exact) mass is 324 g/mol. The van der Waals surface area contributed by atoms with Crippen LogP contribution in [0, 0.1) is 5.92 Å². The van der Waals surface area contributed by atoms with Gasteiger partial charge in [-0.3, -0.25) is 4.79 Å². The van der Waals surface area contributed by atoms with E-state index in [9.17, 15) is 4.79 Å². The predicted molar refractivity (Wildman–Crippen MR) is 92.6 cm³/mol. The molecule has 0 radical (unpaired) electrons. The summed E-state index contributed by atoms with van der Waals surface area (Å²) in [5.41, 5.74) is 0. The van der Waals surface area contributed by atoms with Crippen LogP contribution in [-0.4, -0.2) is 74.7 Å². The largest absolute Gasteiger partial charge is 0.376 e. The van der Waals surface area contributed by atoms with E-state index in [1.807, 2.05) is 0 Å². The molecule has 0 aliphatic carbocycles. The SMILES string of the molecule is CC1CCN(C(=NCC(=O)N(C)C)NCC2CCCCO2)CC1. The maximum absolute atomic E-state index is 11.8. The predicted octanol–water partition coefficient (Wildman–Crippen LogP) is 1.32. The van der Waals surface area contributed by atoms with Gasteiger partial charge in [-0.25, -0.2) is 4.99 Å². The van der Waals surface area contributed by atoms with E-state index in [0.29, 0.717) is 0 Å². The van der Waals surface area contributed by atoms with Crippen molar-refractivity contribution >= 4 is 11.9 Å². The molecule has 1 atom stereocenters. The molecule has 132 valence electrons. The van der Waals surface area contributed by atoms with Gasteiger partial charge < -0.3 is 19.9 Å². The lowest BCUT2D eigenvalue weighted by atomic mass is 9.99. The van der Waals surface area contributed by atoms with Crippen molar-refractivity contribution < 1.29 is 9.53 Å². The Morgan fingerprint density at radius 3 is 2.61 bits per heavy atom. The molecule has 1 N–H and O–H groups in total. The third kappa shape index (κ3) is 6.01. The first-order valence-corrected chi connectivity index (χ1v) is 8.91. The Hall–Kier alpha value is -1.30. The zero-order valence-electron chi connectivity index (χ0n) is 14.9. The molecule has 0 saturated carbocycles. The van der Waals surface area contributed by atoms with E-state index in [2.05, 4.69) is 22.1 Å². The normalized spacial score (nSPS) is 23.7. The number of likely N-dealkylation sites (tertiary alicyclic amines) is 1. The number of rotatable bonds is 4. The molecule has 23 heavy (non-hydrogen) atoms. The van der Waals surface area contributed by atoms with Gasteiger partial charge >= 0.3 is 0 Å². The summed E-state index contributed by atoms with van der Waals surface area (Å²) in [4.78, 5) is 20.3. The molecular formula is C17H32N4O2. The van der Waals surface area contributed by atoms with E-state index in [1.54, 1.807) is 19.0 Å². The van der Waals surface area contributed by atoms with Crippen molar-refractivity contribution in [2.75, 3.05) is 46.9 Å². The zero-order valence-corrected chi connectivity index (χ0v) is 14.9. The number of hydrogen-bond donors (Lipinski definition) is 1. The maximum atomic E-state index is 11.8. The van der Waals surface area contributed by atoms with Crippen molar-refractivity contribution in [3.8, 4) is 0 Å². The van der Waals surface area contributed by atoms with E-state index in [1.165, 1.54) is 25.7 Å². The number of likely N-dealkylation sites (N-methyl/N-ethyl adjacent to an activating group) is 1. The topological polar surface area (TPSA) is 57.2 Å². The lowest BCUT2D eigenvalue weighted by Crippen LogP contribution is -2.48. The van der Waals surface area contributed by atoms with Crippen LogP contribution < -0.4 is 5.32 Å². The molecular weight excluding hydrogens is 292 g/mol. The average Bonchev–Trinajstić information content (AvgIpc) is 2.56. The molecule has 2 aliphatic heterocycles. The first-order valence-electron chi connectivity index (χ1n) is 8.91. The fourth-order valence-corrected chi connectivity index (χ4v) is 2.95. The molecule has 0 aromatic rings. The third-order valence-electron chi connectivity index (χ3n) is 4.71. The average molecular weight is 324 g/mol. The molecule has 0 aromatic carbocycles. The summed E-state index contributed by atoms with van der Waals surface area (Å²) >= 11 is 0. The van der Waals surface area contributed by atoms with Gasteiger partial charge in [-0.05, 0) is 38.0 Å². The summed E-state index contributed by atoms with van der Waals surface area (Å²) in [6.07, 6.45) is 6.14. The van der Waals surface area contributed by atoms with Gasteiger partial charge in [-0.1, -0.05) is 6.92 Å². The second kappa shape index (κ2) is 9.11. The number of piperidine rings is 1. The molecule has 1 amide bonds. The van der Waals surface area contributed by atoms with Crippen molar-refractivity contribution in [1.29, 1.82) is 0 Å². The fourth-order valence-electron chi connectivity index (χ4n) is 2.95. The summed E-state index contributed by atoms with van der Waals surface area (Å²) in [6, 6.07) is 0. The number of carbonyl (C=O) groups excluding carboxylic acids is 1. The van der Waals surface area contributed by atoms with Crippen LogP contribution >= 0.6 is 0 Å². The minimum atomic E-state index is 0.0311. The van der Waals surface area contributed by atoms with Crippen LogP contribution in [0.5, 0.6) is 0 Å². The van der Waals surface area contributed by atoms with Crippen molar-refractivity contribution in [2.24, 2.45) is 10.9 Å². The number of carbonyl (C=O) groups is 1. The Bertz CT molecular complexity index is 397. The molecule has 2 saturated heterocycles. The first-order chi connectivity index (χ1) is 11.1. The molecule has 2 fully saturated rings. The van der Waals surface area contributed by atoms with Gasteiger partial charge in [0.1, 0.15) is 6.54 Å². The van der Waals surface area contributed by atoms with Crippen molar-refractivity contribution in [2.45, 2.75) is 45.1 Å². The lowest BCUT2D eigenvalue weighted by molar-refractivity contribution is -0.127. The number of nitrogens with zero attached hydrogens (tertiary/aromatic N) is 3. The third-order valence-corrected chi connectivity index (χ3v) is 4.71. The number of ether oxygens (including phenoxy) is 1. The van der Waals surface area contributed by atoms with Crippen LogP contribution in [-0.2, 0) is 9.53 Å². The number of aliphatic imine (C=N–C) groups is 1. The van der Waals surface area contributed by atoms with E-state index >= 15 is 0 Å². The molecule has 2 heterocycles. The highest BCUT2D eigenvalue weighted by molar-refractivity contribution is 5.84.